The third-order valence-electron chi connectivity index (χ3n) is 9.35. The molecule has 0 radical (unpaired) electrons. The first-order valence-electron chi connectivity index (χ1n) is 28.0. The van der Waals surface area contributed by atoms with E-state index in [1.54, 1.807) is 24.3 Å². The van der Waals surface area contributed by atoms with E-state index < -0.39 is 194 Å². The fourth-order valence-electron chi connectivity index (χ4n) is 6.94. The highest BCUT2D eigenvalue weighted by Crippen LogP contribution is 2.45. The maximum absolute atomic E-state index is 9.81. The Morgan fingerprint density at radius 3 is 1.82 bits per heavy atom. The summed E-state index contributed by atoms with van der Waals surface area (Å²) in [6, 6.07) is 2.81. The van der Waals surface area contributed by atoms with Crippen molar-refractivity contribution in [3.8, 4) is 27.9 Å². The van der Waals surface area contributed by atoms with Crippen LogP contribution >= 0.6 is 0 Å². The molecule has 0 unspecified atom stereocenters. The summed E-state index contributed by atoms with van der Waals surface area (Å²) in [5.74, 6) is 0. The number of fused-ring (bicyclic) bond motifs is 8. The summed E-state index contributed by atoms with van der Waals surface area (Å²) >= 11 is 0. The summed E-state index contributed by atoms with van der Waals surface area (Å²) < 4.78 is 208. The number of anilines is 3. The number of aromatic nitrogens is 1. The van der Waals surface area contributed by atoms with Gasteiger partial charge < -0.3 is 13.9 Å². The van der Waals surface area contributed by atoms with Gasteiger partial charge in [0.25, 0.3) is 0 Å². The first-order chi connectivity index (χ1) is 36.5. The molecule has 0 bridgehead atoms. The molecule has 0 amide bonds. The van der Waals surface area contributed by atoms with Gasteiger partial charge in [0.1, 0.15) is 11.2 Å². The Labute approximate surface area is 349 Å². The van der Waals surface area contributed by atoms with E-state index in [1.807, 2.05) is 53.1 Å². The van der Waals surface area contributed by atoms with Gasteiger partial charge in [0.05, 0.1) is 52.3 Å². The predicted molar refractivity (Wildman–Crippen MR) is 231 cm³/mol. The third kappa shape index (κ3) is 5.13. The predicted octanol–water partition coefficient (Wildman–Crippen LogP) is 14.6. The lowest BCUT2D eigenvalue weighted by molar-refractivity contribution is 0.672. The number of furan rings is 1. The number of hydrogen-bond donors (Lipinski definition) is 0. The van der Waals surface area contributed by atoms with Crippen LogP contribution in [0.5, 0.6) is 0 Å². The van der Waals surface area contributed by atoms with Crippen molar-refractivity contribution in [1.29, 1.82) is 0 Å². The molecule has 0 saturated heterocycles. The molecule has 2 aromatic heterocycles. The first kappa shape index (κ1) is 16.3. The van der Waals surface area contributed by atoms with Crippen molar-refractivity contribution in [3.63, 3.8) is 0 Å². The lowest BCUT2D eigenvalue weighted by Gasteiger charge is -2.26. The number of benzene rings is 9. The molecule has 0 spiro atoms. The Balaban J connectivity index is 1.28. The first-order valence-corrected chi connectivity index (χ1v) is 17.0. The van der Waals surface area contributed by atoms with Crippen LogP contribution in [-0.4, -0.2) is 4.57 Å². The fraction of sp³-hybridized carbons (Fsp3) is 0. The minimum atomic E-state index is -1.10. The maximum atomic E-state index is 9.81. The van der Waals surface area contributed by atoms with Gasteiger partial charge in [0, 0.05) is 38.6 Å². The highest BCUT2D eigenvalue weighted by molar-refractivity contribution is 6.19. The molecule has 2 heterocycles. The number of para-hydroxylation sites is 2. The topological polar surface area (TPSA) is 21.3 Å². The Bertz CT molecular complexity index is 4370. The van der Waals surface area contributed by atoms with Crippen LogP contribution in [0.4, 0.5) is 17.1 Å². The van der Waals surface area contributed by atoms with E-state index in [0.29, 0.717) is 10.6 Å². The lowest BCUT2D eigenvalue weighted by atomic mass is 10.0. The van der Waals surface area contributed by atoms with Crippen LogP contribution in [0.1, 0.15) is 30.2 Å². The molecule has 0 atom stereocenters. The number of hydrogen-bond acceptors (Lipinski definition) is 2. The number of nitrogens with zero attached hydrogens (tertiary/aromatic N) is 2. The monoisotopic (exact) mass is 724 g/mol. The molecule has 0 fully saturated rings. The van der Waals surface area contributed by atoms with E-state index in [4.69, 9.17) is 20.9 Å². The largest absolute Gasteiger partial charge is 0.455 e. The highest BCUT2D eigenvalue weighted by atomic mass is 16.3. The maximum Gasteiger partial charge on any atom is 0.143 e. The van der Waals surface area contributed by atoms with E-state index in [2.05, 4.69) is 0 Å². The molecule has 0 aliphatic rings. The molecule has 0 aliphatic heterocycles. The standard InChI is InChI=1S/C52H34N2O/c1-2-12-35(13-3-1)36-24-29-40(30-25-36)53(49-22-11-23-50-51(49)46-33-28-38-14-4-5-17-43(38)52(46)55-50)41-31-26-37(27-32-41)39-15-10-16-42(34-39)54-47-20-8-6-18-44(47)45-19-7-9-21-48(45)54/h1-34H/i1D,2D,3D,4D,5D,11D,12D,13D,14D,17D,22D,23D,24D,25D,26D,27D,28D,29D,30D,31D,32D,33D. The minimum Gasteiger partial charge on any atom is -0.455 e. The smallest absolute Gasteiger partial charge is 0.143 e. The van der Waals surface area contributed by atoms with E-state index in [-0.39, 0.29) is 11.1 Å². The molecule has 11 aromatic rings. The van der Waals surface area contributed by atoms with E-state index in [1.165, 1.54) is 0 Å². The van der Waals surface area contributed by atoms with Crippen LogP contribution in [0.3, 0.4) is 0 Å². The third-order valence-corrected chi connectivity index (χ3v) is 9.35. The second-order valence-corrected chi connectivity index (χ2v) is 12.4. The zero-order chi connectivity index (χ0) is 55.4. The average Bonchev–Trinajstić information content (AvgIpc) is 4.25. The van der Waals surface area contributed by atoms with Crippen LogP contribution in [-0.2, 0) is 0 Å². The molecule has 0 saturated carbocycles. The van der Waals surface area contributed by atoms with Crippen molar-refractivity contribution in [2.24, 2.45) is 0 Å². The van der Waals surface area contributed by atoms with Crippen LogP contribution in [0.25, 0.3) is 82.5 Å². The zero-order valence-electron chi connectivity index (χ0n) is 50.2. The van der Waals surface area contributed by atoms with Gasteiger partial charge in [-0.1, -0.05) is 139 Å². The van der Waals surface area contributed by atoms with Crippen molar-refractivity contribution in [1.82, 2.24) is 4.57 Å². The molecular weight excluding hydrogens is 669 g/mol. The summed E-state index contributed by atoms with van der Waals surface area (Å²) in [5.41, 5.74) is -3.12. The van der Waals surface area contributed by atoms with Crippen molar-refractivity contribution < 1.29 is 34.6 Å². The van der Waals surface area contributed by atoms with Gasteiger partial charge in [-0.15, -0.1) is 0 Å². The van der Waals surface area contributed by atoms with Gasteiger partial charge in [-0.05, 0) is 94.2 Å². The lowest BCUT2D eigenvalue weighted by Crippen LogP contribution is -2.10. The quantitative estimate of drug-likeness (QED) is 0.170. The summed E-state index contributed by atoms with van der Waals surface area (Å²) in [4.78, 5) is 0.621. The molecule has 258 valence electrons. The van der Waals surface area contributed by atoms with Crippen LogP contribution in [0, 0.1) is 0 Å². The summed E-state index contributed by atoms with van der Waals surface area (Å²) in [6.45, 7) is 0. The van der Waals surface area contributed by atoms with Crippen molar-refractivity contribution in [2.45, 2.75) is 0 Å². The van der Waals surface area contributed by atoms with Crippen molar-refractivity contribution in [3.05, 3.63) is 206 Å². The second-order valence-electron chi connectivity index (χ2n) is 12.4. The molecule has 0 aliphatic carbocycles. The molecular formula is C52H34N2O. The SMILES string of the molecule is [2H]c1c([2H])c([2H])c(-c2c([2H])c([2H])c(N(c3c([2H])c([2H])c(-c4cccc(-n5c6ccccc6c6ccccc65)c4)c([2H])c3[2H])c3c([2H])c([2H])c([2H])c4oc5c6c([2H])c([2H])c([2H])c([2H])c6c([2H])c([2H])c5c34)c([2H])c2[2H])c([2H])c1[2H]. The second kappa shape index (κ2) is 12.6. The molecule has 55 heavy (non-hydrogen) atoms. The van der Waals surface area contributed by atoms with Gasteiger partial charge in [0.15, 0.2) is 0 Å². The summed E-state index contributed by atoms with van der Waals surface area (Å²) in [7, 11) is 0. The Hall–Kier alpha value is -7.36. The van der Waals surface area contributed by atoms with Crippen LogP contribution in [0.15, 0.2) is 210 Å². The Morgan fingerprint density at radius 1 is 0.455 bits per heavy atom. The van der Waals surface area contributed by atoms with Gasteiger partial charge in [-0.25, -0.2) is 0 Å². The molecule has 11 rings (SSSR count). The van der Waals surface area contributed by atoms with Crippen molar-refractivity contribution >= 4 is 71.6 Å². The molecule has 9 aromatic carbocycles. The summed E-state index contributed by atoms with van der Waals surface area (Å²) in [5, 5.41) is -0.102. The van der Waals surface area contributed by atoms with E-state index in [0.717, 1.165) is 21.8 Å². The van der Waals surface area contributed by atoms with Gasteiger partial charge in [-0.2, -0.15) is 0 Å². The fourth-order valence-corrected chi connectivity index (χ4v) is 6.94. The molecule has 3 nitrogen and oxygen atoms in total. The van der Waals surface area contributed by atoms with Crippen LogP contribution in [0.2, 0.25) is 0 Å². The van der Waals surface area contributed by atoms with E-state index in [9.17, 15) is 13.7 Å². The normalized spacial score (nSPS) is 17.2. The Kier molecular flexibility index (Phi) is 3.76. The highest BCUT2D eigenvalue weighted by Gasteiger charge is 2.21. The van der Waals surface area contributed by atoms with Gasteiger partial charge in [-0.3, -0.25) is 0 Å². The average molecular weight is 725 g/mol. The number of rotatable bonds is 6. The molecule has 0 N–H and O–H groups in total. The molecule has 3 heteroatoms. The Morgan fingerprint density at radius 2 is 1.09 bits per heavy atom. The van der Waals surface area contributed by atoms with Crippen LogP contribution < -0.4 is 4.90 Å². The summed E-state index contributed by atoms with van der Waals surface area (Å²) in [6.07, 6.45) is 0. The van der Waals surface area contributed by atoms with E-state index >= 15 is 0 Å². The minimum absolute atomic E-state index is 0.196. The zero-order valence-corrected chi connectivity index (χ0v) is 28.2. The van der Waals surface area contributed by atoms with Gasteiger partial charge in [0.2, 0.25) is 0 Å². The van der Waals surface area contributed by atoms with Crippen molar-refractivity contribution in [2.75, 3.05) is 4.90 Å². The van der Waals surface area contributed by atoms with Gasteiger partial charge >= 0.3 is 0 Å².